The van der Waals surface area contributed by atoms with Crippen LogP contribution in [0.15, 0.2) is 18.3 Å². The third kappa shape index (κ3) is 3.10. The zero-order chi connectivity index (χ0) is 13.1. The minimum absolute atomic E-state index is 0.215. The van der Waals surface area contributed by atoms with Crippen molar-refractivity contribution in [1.29, 1.82) is 0 Å². The molecule has 0 aliphatic carbocycles. The fraction of sp³-hybridized carbons (Fsp3) is 0.667. The quantitative estimate of drug-likeness (QED) is 0.796. The molecule has 0 saturated carbocycles. The van der Waals surface area contributed by atoms with E-state index in [-0.39, 0.29) is 5.60 Å². The van der Waals surface area contributed by atoms with E-state index < -0.39 is 0 Å². The smallest absolute Gasteiger partial charge is 0.0707 e. The van der Waals surface area contributed by atoms with Gasteiger partial charge < -0.3 is 4.74 Å². The van der Waals surface area contributed by atoms with Crippen molar-refractivity contribution in [2.45, 2.75) is 43.7 Å². The molecular weight excluding hydrogens is 260 g/mol. The van der Waals surface area contributed by atoms with E-state index in [2.05, 4.69) is 22.0 Å². The summed E-state index contributed by atoms with van der Waals surface area (Å²) in [5.41, 5.74) is 2.44. The lowest BCUT2D eigenvalue weighted by Gasteiger charge is -2.38. The van der Waals surface area contributed by atoms with Crippen LogP contribution in [0.25, 0.3) is 0 Å². The summed E-state index contributed by atoms with van der Waals surface area (Å²) in [7, 11) is 0. The summed E-state index contributed by atoms with van der Waals surface area (Å²) in [5.74, 6) is 0.539. The molecule has 2 aliphatic heterocycles. The van der Waals surface area contributed by atoms with Crippen LogP contribution in [0.1, 0.15) is 36.9 Å². The predicted octanol–water partition coefficient (Wildman–Crippen LogP) is 2.97. The molecule has 0 unspecified atom stereocenters. The molecule has 2 fully saturated rings. The van der Waals surface area contributed by atoms with Crippen LogP contribution < -0.4 is 0 Å². The molecule has 2 saturated heterocycles. The van der Waals surface area contributed by atoms with Gasteiger partial charge in [0.15, 0.2) is 0 Å². The summed E-state index contributed by atoms with van der Waals surface area (Å²) in [6.07, 6.45) is 6.72. The van der Waals surface area contributed by atoms with Crippen LogP contribution >= 0.6 is 11.6 Å². The van der Waals surface area contributed by atoms with Gasteiger partial charge in [0.1, 0.15) is 0 Å². The predicted molar refractivity (Wildman–Crippen MR) is 76.2 cm³/mol. The van der Waals surface area contributed by atoms with Gasteiger partial charge in [0.2, 0.25) is 0 Å². The molecule has 0 amide bonds. The molecule has 0 atom stereocenters. The molecule has 104 valence electrons. The van der Waals surface area contributed by atoms with E-state index in [1.165, 1.54) is 25.7 Å². The number of pyridine rings is 1. The summed E-state index contributed by atoms with van der Waals surface area (Å²) < 4.78 is 5.95. The third-order valence-corrected chi connectivity index (χ3v) is 4.69. The van der Waals surface area contributed by atoms with E-state index in [9.17, 15) is 0 Å². The standard InChI is InChI=1S/C15H21ClN2O/c16-10-13-2-3-14(17-11-13)12-18-7-5-15(6-8-18)4-1-9-19-15/h2-3,11H,1,4-10,12H2. The summed E-state index contributed by atoms with van der Waals surface area (Å²) in [5, 5.41) is 0. The monoisotopic (exact) mass is 280 g/mol. The van der Waals surface area contributed by atoms with Crippen LogP contribution in [0.5, 0.6) is 0 Å². The highest BCUT2D eigenvalue weighted by molar-refractivity contribution is 6.17. The molecule has 19 heavy (non-hydrogen) atoms. The van der Waals surface area contributed by atoms with E-state index in [0.29, 0.717) is 5.88 Å². The lowest BCUT2D eigenvalue weighted by Crippen LogP contribution is -2.43. The Bertz CT molecular complexity index is 405. The Morgan fingerprint density at radius 1 is 1.26 bits per heavy atom. The summed E-state index contributed by atoms with van der Waals surface area (Å²) in [4.78, 5) is 6.96. The zero-order valence-electron chi connectivity index (χ0n) is 11.3. The Morgan fingerprint density at radius 3 is 2.68 bits per heavy atom. The second-order valence-corrected chi connectivity index (χ2v) is 5.97. The van der Waals surface area contributed by atoms with Crippen LogP contribution in [-0.4, -0.2) is 35.2 Å². The van der Waals surface area contributed by atoms with Crippen LogP contribution in [0, 0.1) is 0 Å². The van der Waals surface area contributed by atoms with Crippen molar-refractivity contribution in [3.63, 3.8) is 0 Å². The van der Waals surface area contributed by atoms with Crippen molar-refractivity contribution in [1.82, 2.24) is 9.88 Å². The molecule has 0 N–H and O–H groups in total. The van der Waals surface area contributed by atoms with Gasteiger partial charge >= 0.3 is 0 Å². The molecule has 1 spiro atoms. The summed E-state index contributed by atoms with van der Waals surface area (Å²) in [6.45, 7) is 4.15. The number of hydrogen-bond acceptors (Lipinski definition) is 3. The first kappa shape index (κ1) is 13.3. The number of nitrogens with zero attached hydrogens (tertiary/aromatic N) is 2. The fourth-order valence-electron chi connectivity index (χ4n) is 3.12. The van der Waals surface area contributed by atoms with Gasteiger partial charge in [-0.25, -0.2) is 0 Å². The van der Waals surface area contributed by atoms with Crippen LogP contribution in [0.2, 0.25) is 0 Å². The van der Waals surface area contributed by atoms with E-state index in [1.54, 1.807) is 0 Å². The minimum Gasteiger partial charge on any atom is -0.375 e. The van der Waals surface area contributed by atoms with Gasteiger partial charge in [-0.2, -0.15) is 0 Å². The van der Waals surface area contributed by atoms with Crippen molar-refractivity contribution < 1.29 is 4.74 Å². The van der Waals surface area contributed by atoms with Gasteiger partial charge in [0.25, 0.3) is 0 Å². The maximum absolute atomic E-state index is 5.95. The highest BCUT2D eigenvalue weighted by Gasteiger charge is 2.38. The second-order valence-electron chi connectivity index (χ2n) is 5.70. The molecule has 4 heteroatoms. The molecule has 1 aromatic heterocycles. The van der Waals surface area contributed by atoms with Crippen molar-refractivity contribution in [3.8, 4) is 0 Å². The highest BCUT2D eigenvalue weighted by Crippen LogP contribution is 2.35. The van der Waals surface area contributed by atoms with Gasteiger partial charge in [-0.15, -0.1) is 11.6 Å². The van der Waals surface area contributed by atoms with Gasteiger partial charge in [0.05, 0.1) is 11.3 Å². The molecule has 0 aromatic carbocycles. The molecule has 1 aromatic rings. The Balaban J connectivity index is 1.53. The highest BCUT2D eigenvalue weighted by atomic mass is 35.5. The molecule has 0 radical (unpaired) electrons. The number of aromatic nitrogens is 1. The van der Waals surface area contributed by atoms with Gasteiger partial charge in [-0.05, 0) is 37.3 Å². The molecule has 3 rings (SSSR count). The van der Waals surface area contributed by atoms with E-state index >= 15 is 0 Å². The number of ether oxygens (including phenoxy) is 1. The molecule has 3 nitrogen and oxygen atoms in total. The number of hydrogen-bond donors (Lipinski definition) is 0. The van der Waals surface area contributed by atoms with Gasteiger partial charge in [0, 0.05) is 38.3 Å². The Kier molecular flexibility index (Phi) is 4.06. The fourth-order valence-corrected chi connectivity index (χ4v) is 3.28. The number of piperidine rings is 1. The second kappa shape index (κ2) is 5.78. The van der Waals surface area contributed by atoms with Crippen LogP contribution in [0.3, 0.4) is 0 Å². The summed E-state index contributed by atoms with van der Waals surface area (Å²) in [6, 6.07) is 4.16. The van der Waals surface area contributed by atoms with E-state index in [0.717, 1.165) is 37.5 Å². The van der Waals surface area contributed by atoms with Gasteiger partial charge in [-0.1, -0.05) is 6.07 Å². The molecular formula is C15H21ClN2O. The number of halogens is 1. The SMILES string of the molecule is ClCc1ccc(CN2CCC3(CCCO3)CC2)nc1. The largest absolute Gasteiger partial charge is 0.375 e. The first-order valence-corrected chi connectivity index (χ1v) is 7.69. The average molecular weight is 281 g/mol. The van der Waals surface area contributed by atoms with Crippen LogP contribution in [0.4, 0.5) is 0 Å². The lowest BCUT2D eigenvalue weighted by molar-refractivity contribution is -0.0449. The van der Waals surface area contributed by atoms with Crippen LogP contribution in [-0.2, 0) is 17.2 Å². The average Bonchev–Trinajstić information content (AvgIpc) is 2.91. The first-order chi connectivity index (χ1) is 9.30. The summed E-state index contributed by atoms with van der Waals surface area (Å²) >= 11 is 5.78. The van der Waals surface area contributed by atoms with E-state index in [1.807, 2.05) is 6.20 Å². The normalized spacial score (nSPS) is 23.0. The number of rotatable bonds is 3. The Labute approximate surface area is 119 Å². The lowest BCUT2D eigenvalue weighted by atomic mass is 9.88. The Morgan fingerprint density at radius 2 is 2.11 bits per heavy atom. The van der Waals surface area contributed by atoms with Crippen molar-refractivity contribution in [2.75, 3.05) is 19.7 Å². The Hall–Kier alpha value is -0.640. The molecule has 0 bridgehead atoms. The zero-order valence-corrected chi connectivity index (χ0v) is 12.0. The number of alkyl halides is 1. The molecule has 3 heterocycles. The minimum atomic E-state index is 0.215. The van der Waals surface area contributed by atoms with E-state index in [4.69, 9.17) is 16.3 Å². The third-order valence-electron chi connectivity index (χ3n) is 4.38. The first-order valence-electron chi connectivity index (χ1n) is 7.16. The number of likely N-dealkylation sites (tertiary alicyclic amines) is 1. The molecule has 2 aliphatic rings. The van der Waals surface area contributed by atoms with Crippen molar-refractivity contribution in [3.05, 3.63) is 29.6 Å². The van der Waals surface area contributed by atoms with Crippen molar-refractivity contribution in [2.24, 2.45) is 0 Å². The maximum Gasteiger partial charge on any atom is 0.0707 e. The van der Waals surface area contributed by atoms with Crippen molar-refractivity contribution >= 4 is 11.6 Å². The topological polar surface area (TPSA) is 25.4 Å². The maximum atomic E-state index is 5.95. The van der Waals surface area contributed by atoms with Gasteiger partial charge in [-0.3, -0.25) is 9.88 Å².